The zero-order valence-corrected chi connectivity index (χ0v) is 11.5. The number of aromatic amines is 1. The molecule has 0 aliphatic heterocycles. The first-order chi connectivity index (χ1) is 10.2. The van der Waals surface area contributed by atoms with Crippen molar-refractivity contribution in [3.63, 3.8) is 0 Å². The van der Waals surface area contributed by atoms with Gasteiger partial charge in [0.2, 0.25) is 0 Å². The van der Waals surface area contributed by atoms with Gasteiger partial charge in [-0.25, -0.2) is 4.39 Å². The topological polar surface area (TPSA) is 57.8 Å². The Labute approximate surface area is 121 Å². The van der Waals surface area contributed by atoms with E-state index in [0.29, 0.717) is 11.6 Å². The van der Waals surface area contributed by atoms with E-state index in [1.54, 1.807) is 6.07 Å². The molecule has 2 aliphatic rings. The number of H-pyrrole nitrogens is 1. The maximum Gasteiger partial charge on any atom is 0.272 e. The number of aromatic nitrogens is 2. The molecule has 1 aromatic heterocycles. The van der Waals surface area contributed by atoms with Crippen molar-refractivity contribution < 1.29 is 9.18 Å². The third kappa shape index (κ3) is 2.55. The van der Waals surface area contributed by atoms with Gasteiger partial charge in [0.05, 0.1) is 0 Å². The van der Waals surface area contributed by atoms with Crippen molar-refractivity contribution in [1.29, 1.82) is 0 Å². The average molecular weight is 285 g/mol. The van der Waals surface area contributed by atoms with Gasteiger partial charge >= 0.3 is 0 Å². The van der Waals surface area contributed by atoms with Crippen LogP contribution in [0, 0.1) is 5.82 Å². The molecule has 21 heavy (non-hydrogen) atoms. The summed E-state index contributed by atoms with van der Waals surface area (Å²) in [5, 5.41) is 9.97. The molecule has 4 nitrogen and oxygen atoms in total. The number of nitrogens with one attached hydrogen (secondary N) is 2. The molecule has 0 bridgehead atoms. The zero-order valence-electron chi connectivity index (χ0n) is 11.5. The van der Waals surface area contributed by atoms with E-state index < -0.39 is 0 Å². The molecule has 0 spiro atoms. The Morgan fingerprint density at radius 1 is 1.33 bits per heavy atom. The van der Waals surface area contributed by atoms with Gasteiger partial charge in [0.25, 0.3) is 5.91 Å². The summed E-state index contributed by atoms with van der Waals surface area (Å²) in [7, 11) is 0. The highest BCUT2D eigenvalue weighted by Gasteiger charge is 2.40. The first-order valence-corrected chi connectivity index (χ1v) is 7.32. The van der Waals surface area contributed by atoms with Crippen LogP contribution in [0.25, 0.3) is 0 Å². The Bertz CT molecular complexity index is 692. The van der Waals surface area contributed by atoms with Crippen LogP contribution >= 0.6 is 0 Å². The molecule has 5 heteroatoms. The summed E-state index contributed by atoms with van der Waals surface area (Å²) >= 11 is 0. The van der Waals surface area contributed by atoms with Crippen LogP contribution in [0.3, 0.4) is 0 Å². The molecule has 0 saturated heterocycles. The van der Waals surface area contributed by atoms with Gasteiger partial charge in [-0.3, -0.25) is 9.89 Å². The third-order valence-electron chi connectivity index (χ3n) is 4.23. The summed E-state index contributed by atoms with van der Waals surface area (Å²) in [6, 6.07) is 8.50. The Morgan fingerprint density at radius 3 is 2.95 bits per heavy atom. The zero-order chi connectivity index (χ0) is 14.4. The van der Waals surface area contributed by atoms with E-state index in [-0.39, 0.29) is 23.7 Å². The van der Waals surface area contributed by atoms with E-state index in [1.807, 2.05) is 12.1 Å². The molecule has 0 unspecified atom stereocenters. The minimum atomic E-state index is -0.231. The van der Waals surface area contributed by atoms with Crippen LogP contribution in [0.15, 0.2) is 30.3 Å². The summed E-state index contributed by atoms with van der Waals surface area (Å²) in [5.74, 6) is 0.388. The van der Waals surface area contributed by atoms with Crippen LogP contribution < -0.4 is 5.32 Å². The molecule has 2 N–H and O–H groups in total. The highest BCUT2D eigenvalue weighted by molar-refractivity contribution is 5.92. The van der Waals surface area contributed by atoms with Crippen molar-refractivity contribution in [3.05, 3.63) is 53.1 Å². The van der Waals surface area contributed by atoms with Crippen molar-refractivity contribution in [3.8, 4) is 0 Å². The number of amides is 1. The third-order valence-corrected chi connectivity index (χ3v) is 4.23. The van der Waals surface area contributed by atoms with Crippen molar-refractivity contribution in [1.82, 2.24) is 15.5 Å². The fraction of sp³-hybridized carbons (Fsp3) is 0.375. The minimum Gasteiger partial charge on any atom is -0.347 e. The molecule has 1 heterocycles. The van der Waals surface area contributed by atoms with Gasteiger partial charge in [-0.2, -0.15) is 5.10 Å². The van der Waals surface area contributed by atoms with E-state index in [0.717, 1.165) is 17.7 Å². The van der Waals surface area contributed by atoms with E-state index in [2.05, 4.69) is 15.5 Å². The number of benzene rings is 1. The highest BCUT2D eigenvalue weighted by Crippen LogP contribution is 2.41. The first kappa shape index (κ1) is 12.6. The van der Waals surface area contributed by atoms with Gasteiger partial charge in [-0.15, -0.1) is 0 Å². The van der Waals surface area contributed by atoms with Crippen molar-refractivity contribution in [2.24, 2.45) is 0 Å². The van der Waals surface area contributed by atoms with Crippen LogP contribution in [0.2, 0.25) is 0 Å². The van der Waals surface area contributed by atoms with Gasteiger partial charge in [-0.05, 0) is 43.0 Å². The molecule has 2 saturated carbocycles. The number of hydrogen-bond donors (Lipinski definition) is 2. The summed E-state index contributed by atoms with van der Waals surface area (Å²) in [6.07, 6.45) is 3.20. The second-order valence-electron chi connectivity index (χ2n) is 5.96. The van der Waals surface area contributed by atoms with E-state index >= 15 is 0 Å². The second kappa shape index (κ2) is 4.69. The van der Waals surface area contributed by atoms with E-state index in [9.17, 15) is 9.18 Å². The number of carbonyl (C=O) groups excluding carboxylic acids is 1. The normalized spacial score (nSPS) is 23.9. The highest BCUT2D eigenvalue weighted by atomic mass is 19.1. The Balaban J connectivity index is 1.39. The SMILES string of the molecule is O=C(N[C@@H]1C[C@H]1c1cccc(F)c1)c1cc(C2CC2)[nH]n1. The second-order valence-corrected chi connectivity index (χ2v) is 5.96. The van der Waals surface area contributed by atoms with Crippen LogP contribution in [-0.2, 0) is 0 Å². The maximum absolute atomic E-state index is 13.2. The number of halogens is 1. The van der Waals surface area contributed by atoms with Crippen LogP contribution in [0.4, 0.5) is 4.39 Å². The minimum absolute atomic E-state index is 0.0837. The van der Waals surface area contributed by atoms with Crippen LogP contribution in [0.5, 0.6) is 0 Å². The quantitative estimate of drug-likeness (QED) is 0.907. The monoisotopic (exact) mass is 285 g/mol. The molecule has 1 amide bonds. The summed E-state index contributed by atoms with van der Waals surface area (Å²) in [5.41, 5.74) is 2.44. The van der Waals surface area contributed by atoms with E-state index in [4.69, 9.17) is 0 Å². The number of hydrogen-bond acceptors (Lipinski definition) is 2. The van der Waals surface area contributed by atoms with Gasteiger partial charge in [0, 0.05) is 23.6 Å². The van der Waals surface area contributed by atoms with Gasteiger partial charge in [0.15, 0.2) is 0 Å². The number of carbonyl (C=O) groups is 1. The molecule has 4 rings (SSSR count). The molecule has 2 aliphatic carbocycles. The molecule has 1 aromatic carbocycles. The standard InChI is InChI=1S/C16H16FN3O/c17-11-3-1-2-10(6-11)12-7-14(12)18-16(21)15-8-13(19-20-15)9-4-5-9/h1-3,6,8-9,12,14H,4-5,7H2,(H,18,21)(H,19,20)/t12-,14+/m0/s1. The summed E-state index contributed by atoms with van der Waals surface area (Å²) in [6.45, 7) is 0. The Hall–Kier alpha value is -2.17. The summed E-state index contributed by atoms with van der Waals surface area (Å²) in [4.78, 5) is 12.1. The lowest BCUT2D eigenvalue weighted by Gasteiger charge is -2.03. The molecule has 0 radical (unpaired) electrons. The lowest BCUT2D eigenvalue weighted by Crippen LogP contribution is -2.26. The van der Waals surface area contributed by atoms with Crippen molar-refractivity contribution >= 4 is 5.91 Å². The van der Waals surface area contributed by atoms with Crippen LogP contribution in [-0.4, -0.2) is 22.1 Å². The molecule has 2 aromatic rings. The lowest BCUT2D eigenvalue weighted by atomic mass is 10.1. The van der Waals surface area contributed by atoms with Crippen molar-refractivity contribution in [2.75, 3.05) is 0 Å². The molecule has 2 fully saturated rings. The van der Waals surface area contributed by atoms with Gasteiger partial charge in [-0.1, -0.05) is 12.1 Å². The average Bonchev–Trinajstić information content (AvgIpc) is 3.39. The first-order valence-electron chi connectivity index (χ1n) is 7.32. The molecule has 2 atom stereocenters. The Morgan fingerprint density at radius 2 is 2.19 bits per heavy atom. The number of rotatable bonds is 4. The maximum atomic E-state index is 13.2. The number of nitrogens with zero attached hydrogens (tertiary/aromatic N) is 1. The molecule has 108 valence electrons. The van der Waals surface area contributed by atoms with Crippen LogP contribution in [0.1, 0.15) is 52.8 Å². The fourth-order valence-electron chi connectivity index (χ4n) is 2.76. The summed E-state index contributed by atoms with van der Waals surface area (Å²) < 4.78 is 13.2. The fourth-order valence-corrected chi connectivity index (χ4v) is 2.76. The smallest absolute Gasteiger partial charge is 0.272 e. The predicted molar refractivity (Wildman–Crippen MR) is 75.6 cm³/mol. The molecular weight excluding hydrogens is 269 g/mol. The van der Waals surface area contributed by atoms with Crippen molar-refractivity contribution in [2.45, 2.75) is 37.1 Å². The van der Waals surface area contributed by atoms with Gasteiger partial charge < -0.3 is 5.32 Å². The largest absolute Gasteiger partial charge is 0.347 e. The molecular formula is C16H16FN3O. The predicted octanol–water partition coefficient (Wildman–Crippen LogP) is 2.71. The Kier molecular flexibility index (Phi) is 2.80. The van der Waals surface area contributed by atoms with E-state index in [1.165, 1.54) is 25.0 Å². The van der Waals surface area contributed by atoms with Gasteiger partial charge in [0.1, 0.15) is 11.5 Å². The lowest BCUT2D eigenvalue weighted by molar-refractivity contribution is 0.0945.